The van der Waals surface area contributed by atoms with E-state index >= 15 is 0 Å². The van der Waals surface area contributed by atoms with E-state index in [9.17, 15) is 14.0 Å². The van der Waals surface area contributed by atoms with Crippen LogP contribution in [0.3, 0.4) is 0 Å². The van der Waals surface area contributed by atoms with Crippen LogP contribution in [0.5, 0.6) is 11.5 Å². The summed E-state index contributed by atoms with van der Waals surface area (Å²) in [7, 11) is 3.15. The van der Waals surface area contributed by atoms with Gasteiger partial charge in [-0.1, -0.05) is 35.9 Å². The van der Waals surface area contributed by atoms with Gasteiger partial charge in [0, 0.05) is 22.9 Å². The van der Waals surface area contributed by atoms with Gasteiger partial charge in [0.05, 0.1) is 31.2 Å². The number of benzene rings is 3. The first kappa shape index (κ1) is 26.4. The van der Waals surface area contributed by atoms with E-state index in [0.717, 1.165) is 5.56 Å². The smallest absolute Gasteiger partial charge is 0.253 e. The van der Waals surface area contributed by atoms with Crippen LogP contribution in [-0.2, 0) is 17.0 Å². The highest BCUT2D eigenvalue weighted by Crippen LogP contribution is 2.28. The van der Waals surface area contributed by atoms with Crippen molar-refractivity contribution in [3.8, 4) is 11.5 Å². The van der Waals surface area contributed by atoms with Crippen LogP contribution >= 0.6 is 23.4 Å². The van der Waals surface area contributed by atoms with Crippen molar-refractivity contribution in [3.63, 3.8) is 0 Å². The lowest BCUT2D eigenvalue weighted by molar-refractivity contribution is -0.113. The Labute approximate surface area is 213 Å². The molecule has 0 aliphatic heterocycles. The van der Waals surface area contributed by atoms with Crippen LogP contribution in [0.2, 0.25) is 5.02 Å². The number of para-hydroxylation sites is 1. The van der Waals surface area contributed by atoms with Crippen molar-refractivity contribution < 1.29 is 23.5 Å². The Morgan fingerprint density at radius 2 is 1.77 bits per heavy atom. The number of halogens is 2. The number of methoxy groups -OCH3 is 2. The zero-order valence-electron chi connectivity index (χ0n) is 19.4. The third kappa shape index (κ3) is 7.37. The number of hydrogen-bond acceptors (Lipinski definition) is 5. The molecule has 0 saturated carbocycles. The fraction of sp³-hybridized carbons (Fsp3) is 0.231. The molecule has 3 rings (SSSR count). The molecule has 0 saturated heterocycles. The van der Waals surface area contributed by atoms with Gasteiger partial charge in [0.2, 0.25) is 5.91 Å². The molecule has 3 aromatic carbocycles. The van der Waals surface area contributed by atoms with E-state index in [2.05, 4.69) is 10.6 Å². The molecule has 2 amide bonds. The molecule has 6 nitrogen and oxygen atoms in total. The first-order chi connectivity index (χ1) is 16.9. The second-order valence-corrected chi connectivity index (χ2v) is 8.87. The van der Waals surface area contributed by atoms with E-state index in [1.54, 1.807) is 44.6 Å². The predicted octanol–water partition coefficient (Wildman–Crippen LogP) is 5.34. The standard InChI is InChI=1S/C26H26ClFN2O4S/c1-33-23-11-10-17(14-24(23)34-2)12-13-29-26(32)18-6-3-4-9-22(18)30-25(31)16-35-15-19-20(27)7-5-8-21(19)28/h3-11,14H,12-13,15-16H2,1-2H3,(H,29,32)(H,30,31). The Morgan fingerprint density at radius 3 is 2.51 bits per heavy atom. The molecule has 9 heteroatoms. The lowest BCUT2D eigenvalue weighted by atomic mass is 10.1. The maximum Gasteiger partial charge on any atom is 0.253 e. The van der Waals surface area contributed by atoms with Crippen molar-refractivity contribution in [2.24, 2.45) is 0 Å². The molecule has 0 fully saturated rings. The number of carbonyl (C=O) groups excluding carboxylic acids is 2. The number of carbonyl (C=O) groups is 2. The van der Waals surface area contributed by atoms with Gasteiger partial charge in [-0.15, -0.1) is 11.8 Å². The van der Waals surface area contributed by atoms with Crippen LogP contribution in [0.1, 0.15) is 21.5 Å². The molecule has 0 unspecified atom stereocenters. The van der Waals surface area contributed by atoms with E-state index in [0.29, 0.717) is 46.3 Å². The average molecular weight is 517 g/mol. The lowest BCUT2D eigenvalue weighted by Crippen LogP contribution is -2.27. The number of ether oxygens (including phenoxy) is 2. The van der Waals surface area contributed by atoms with Crippen molar-refractivity contribution in [2.45, 2.75) is 12.2 Å². The van der Waals surface area contributed by atoms with Gasteiger partial charge in [-0.3, -0.25) is 9.59 Å². The summed E-state index contributed by atoms with van der Waals surface area (Å²) in [5.74, 6) is 0.609. The van der Waals surface area contributed by atoms with E-state index in [1.165, 1.54) is 23.9 Å². The van der Waals surface area contributed by atoms with Crippen molar-refractivity contribution in [1.29, 1.82) is 0 Å². The van der Waals surface area contributed by atoms with E-state index in [1.807, 2.05) is 18.2 Å². The minimum atomic E-state index is -0.402. The van der Waals surface area contributed by atoms with Crippen molar-refractivity contribution >= 4 is 40.9 Å². The largest absolute Gasteiger partial charge is 0.493 e. The third-order valence-corrected chi connectivity index (χ3v) is 6.45. The molecule has 35 heavy (non-hydrogen) atoms. The molecule has 0 heterocycles. The predicted molar refractivity (Wildman–Crippen MR) is 138 cm³/mol. The summed E-state index contributed by atoms with van der Waals surface area (Å²) in [5, 5.41) is 5.97. The second-order valence-electron chi connectivity index (χ2n) is 7.48. The van der Waals surface area contributed by atoms with Crippen LogP contribution in [0.25, 0.3) is 0 Å². The number of anilines is 1. The van der Waals surface area contributed by atoms with Crippen LogP contribution in [-0.4, -0.2) is 38.3 Å². The summed E-state index contributed by atoms with van der Waals surface area (Å²) in [6, 6.07) is 16.9. The van der Waals surface area contributed by atoms with E-state index in [4.69, 9.17) is 21.1 Å². The summed E-state index contributed by atoms with van der Waals surface area (Å²) < 4.78 is 24.4. The molecule has 2 N–H and O–H groups in total. The number of rotatable bonds is 11. The second kappa shape index (κ2) is 13.0. The summed E-state index contributed by atoms with van der Waals surface area (Å²) >= 11 is 7.27. The number of hydrogen-bond donors (Lipinski definition) is 2. The first-order valence-electron chi connectivity index (χ1n) is 10.8. The molecule has 0 aliphatic carbocycles. The Balaban J connectivity index is 1.53. The van der Waals surface area contributed by atoms with Crippen LogP contribution in [0.4, 0.5) is 10.1 Å². The molecule has 3 aromatic rings. The number of amides is 2. The number of thioether (sulfide) groups is 1. The molecule has 0 aliphatic rings. The minimum absolute atomic E-state index is 0.0833. The number of nitrogens with one attached hydrogen (secondary N) is 2. The quantitative estimate of drug-likeness (QED) is 0.360. The molecule has 184 valence electrons. The molecular weight excluding hydrogens is 491 g/mol. The molecule has 0 radical (unpaired) electrons. The van der Waals surface area contributed by atoms with E-state index in [-0.39, 0.29) is 23.3 Å². The molecule has 0 spiro atoms. The van der Waals surface area contributed by atoms with Gasteiger partial charge in [0.25, 0.3) is 5.91 Å². The van der Waals surface area contributed by atoms with Gasteiger partial charge in [-0.2, -0.15) is 0 Å². The topological polar surface area (TPSA) is 76.7 Å². The average Bonchev–Trinajstić information content (AvgIpc) is 2.86. The van der Waals surface area contributed by atoms with Crippen molar-refractivity contribution in [2.75, 3.05) is 31.8 Å². The van der Waals surface area contributed by atoms with Crippen molar-refractivity contribution in [3.05, 3.63) is 88.2 Å². The monoisotopic (exact) mass is 516 g/mol. The third-order valence-electron chi connectivity index (χ3n) is 5.13. The van der Waals surface area contributed by atoms with Gasteiger partial charge >= 0.3 is 0 Å². The SMILES string of the molecule is COc1ccc(CCNC(=O)c2ccccc2NC(=O)CSCc2c(F)cccc2Cl)cc1OC. The fourth-order valence-corrected chi connectivity index (χ4v) is 4.51. The van der Waals surface area contributed by atoms with Crippen LogP contribution in [0.15, 0.2) is 60.7 Å². The van der Waals surface area contributed by atoms with Gasteiger partial charge in [0.1, 0.15) is 5.82 Å². The van der Waals surface area contributed by atoms with Gasteiger partial charge in [0.15, 0.2) is 11.5 Å². The molecule has 0 bridgehead atoms. The van der Waals surface area contributed by atoms with Gasteiger partial charge in [-0.05, 0) is 48.4 Å². The van der Waals surface area contributed by atoms with Gasteiger partial charge < -0.3 is 20.1 Å². The molecule has 0 aromatic heterocycles. The Hall–Kier alpha value is -3.23. The highest BCUT2D eigenvalue weighted by molar-refractivity contribution is 7.99. The maximum absolute atomic E-state index is 13.9. The minimum Gasteiger partial charge on any atom is -0.493 e. The van der Waals surface area contributed by atoms with E-state index < -0.39 is 5.82 Å². The lowest BCUT2D eigenvalue weighted by Gasteiger charge is -2.12. The summed E-state index contributed by atoms with van der Waals surface area (Å²) in [6.45, 7) is 0.399. The zero-order valence-corrected chi connectivity index (χ0v) is 21.0. The summed E-state index contributed by atoms with van der Waals surface area (Å²) in [5.41, 5.74) is 2.11. The van der Waals surface area contributed by atoms with Crippen molar-refractivity contribution in [1.82, 2.24) is 5.32 Å². The Kier molecular flexibility index (Phi) is 9.81. The highest BCUT2D eigenvalue weighted by Gasteiger charge is 2.14. The fourth-order valence-electron chi connectivity index (χ4n) is 3.34. The zero-order chi connectivity index (χ0) is 25.2. The Bertz CT molecular complexity index is 1170. The van der Waals surface area contributed by atoms with Crippen LogP contribution in [0, 0.1) is 5.82 Å². The highest BCUT2D eigenvalue weighted by atomic mass is 35.5. The summed E-state index contributed by atoms with van der Waals surface area (Å²) in [6.07, 6.45) is 0.593. The van der Waals surface area contributed by atoms with Crippen LogP contribution < -0.4 is 20.1 Å². The first-order valence-corrected chi connectivity index (χ1v) is 12.3. The summed E-state index contributed by atoms with van der Waals surface area (Å²) in [4.78, 5) is 25.2. The van der Waals surface area contributed by atoms with Gasteiger partial charge in [-0.25, -0.2) is 4.39 Å². The Morgan fingerprint density at radius 1 is 1.00 bits per heavy atom. The normalized spacial score (nSPS) is 10.5. The maximum atomic E-state index is 13.9. The molecule has 0 atom stereocenters. The molecular formula is C26H26ClFN2O4S.